The van der Waals surface area contributed by atoms with Crippen molar-refractivity contribution in [1.82, 2.24) is 19.3 Å². The third-order valence-corrected chi connectivity index (χ3v) is 3.26. The molecular formula is C14H17N5. The van der Waals surface area contributed by atoms with Gasteiger partial charge in [0.05, 0.1) is 22.4 Å². The van der Waals surface area contributed by atoms with E-state index in [0.29, 0.717) is 0 Å². The van der Waals surface area contributed by atoms with Gasteiger partial charge in [-0.3, -0.25) is 4.57 Å². The second-order valence-electron chi connectivity index (χ2n) is 4.65. The molecule has 0 aliphatic rings. The molecule has 2 aromatic heterocycles. The number of anilines is 1. The molecule has 0 aliphatic heterocycles. The molecule has 0 fully saturated rings. The summed E-state index contributed by atoms with van der Waals surface area (Å²) in [4.78, 5) is 4.41. The fourth-order valence-electron chi connectivity index (χ4n) is 2.33. The molecule has 3 aromatic rings. The second-order valence-corrected chi connectivity index (χ2v) is 4.65. The van der Waals surface area contributed by atoms with Gasteiger partial charge in [0.1, 0.15) is 6.33 Å². The Morgan fingerprint density at radius 1 is 1.26 bits per heavy atom. The SMILES string of the molecule is CCCn1nc(C)c(N)c1-n1cnc2ccccc21. The van der Waals surface area contributed by atoms with Gasteiger partial charge in [-0.05, 0) is 25.5 Å². The van der Waals surface area contributed by atoms with Crippen LogP contribution in [-0.2, 0) is 6.54 Å². The number of nitrogens with two attached hydrogens (primary N) is 1. The highest BCUT2D eigenvalue weighted by Gasteiger charge is 2.15. The number of para-hydroxylation sites is 2. The predicted octanol–water partition coefficient (Wildman–Crippen LogP) is 2.52. The lowest BCUT2D eigenvalue weighted by atomic mass is 10.3. The average Bonchev–Trinajstić information content (AvgIpc) is 2.93. The van der Waals surface area contributed by atoms with Crippen LogP contribution < -0.4 is 5.73 Å². The van der Waals surface area contributed by atoms with E-state index in [2.05, 4.69) is 17.0 Å². The number of rotatable bonds is 3. The van der Waals surface area contributed by atoms with Crippen molar-refractivity contribution in [3.05, 3.63) is 36.3 Å². The number of aromatic nitrogens is 4. The van der Waals surface area contributed by atoms with Crippen molar-refractivity contribution >= 4 is 16.7 Å². The molecule has 0 aliphatic carbocycles. The van der Waals surface area contributed by atoms with Crippen LogP contribution in [0, 0.1) is 6.92 Å². The second kappa shape index (κ2) is 4.42. The first-order valence-corrected chi connectivity index (χ1v) is 6.47. The summed E-state index contributed by atoms with van der Waals surface area (Å²) in [5.74, 6) is 0.910. The lowest BCUT2D eigenvalue weighted by Gasteiger charge is -2.08. The van der Waals surface area contributed by atoms with Gasteiger partial charge in [0.25, 0.3) is 0 Å². The molecule has 5 heteroatoms. The topological polar surface area (TPSA) is 61.7 Å². The van der Waals surface area contributed by atoms with Crippen LogP contribution in [0.4, 0.5) is 5.69 Å². The Morgan fingerprint density at radius 2 is 2.05 bits per heavy atom. The van der Waals surface area contributed by atoms with Crippen LogP contribution in [0.3, 0.4) is 0 Å². The Balaban J connectivity index is 2.26. The summed E-state index contributed by atoms with van der Waals surface area (Å²) >= 11 is 0. The van der Waals surface area contributed by atoms with Crippen molar-refractivity contribution in [2.75, 3.05) is 5.73 Å². The van der Waals surface area contributed by atoms with Gasteiger partial charge < -0.3 is 5.73 Å². The third kappa shape index (κ3) is 1.78. The van der Waals surface area contributed by atoms with Gasteiger partial charge >= 0.3 is 0 Å². The van der Waals surface area contributed by atoms with Crippen LogP contribution in [0.15, 0.2) is 30.6 Å². The van der Waals surface area contributed by atoms with Gasteiger partial charge in [-0.25, -0.2) is 9.67 Å². The van der Waals surface area contributed by atoms with E-state index in [1.165, 1.54) is 0 Å². The average molecular weight is 255 g/mol. The van der Waals surface area contributed by atoms with E-state index < -0.39 is 0 Å². The number of imidazole rings is 1. The molecule has 3 rings (SSSR count). The fraction of sp³-hybridized carbons (Fsp3) is 0.286. The van der Waals surface area contributed by atoms with Gasteiger partial charge in [0, 0.05) is 6.54 Å². The van der Waals surface area contributed by atoms with E-state index in [0.717, 1.165) is 41.2 Å². The molecule has 5 nitrogen and oxygen atoms in total. The van der Waals surface area contributed by atoms with Gasteiger partial charge in [-0.2, -0.15) is 5.10 Å². The van der Waals surface area contributed by atoms with Gasteiger partial charge in [-0.15, -0.1) is 0 Å². The Hall–Kier alpha value is -2.30. The molecule has 0 atom stereocenters. The molecule has 0 unspecified atom stereocenters. The van der Waals surface area contributed by atoms with E-state index in [4.69, 9.17) is 5.73 Å². The van der Waals surface area contributed by atoms with Gasteiger partial charge in [0.15, 0.2) is 5.82 Å². The molecule has 98 valence electrons. The fourth-order valence-corrected chi connectivity index (χ4v) is 2.33. The van der Waals surface area contributed by atoms with E-state index in [-0.39, 0.29) is 0 Å². The molecular weight excluding hydrogens is 238 g/mol. The summed E-state index contributed by atoms with van der Waals surface area (Å²) in [6, 6.07) is 8.03. The Labute approximate surface area is 111 Å². The zero-order valence-corrected chi connectivity index (χ0v) is 11.2. The van der Waals surface area contributed by atoms with Crippen molar-refractivity contribution in [2.45, 2.75) is 26.8 Å². The maximum Gasteiger partial charge on any atom is 0.160 e. The number of benzene rings is 1. The van der Waals surface area contributed by atoms with Crippen molar-refractivity contribution in [1.29, 1.82) is 0 Å². The number of nitrogen functional groups attached to an aromatic ring is 1. The van der Waals surface area contributed by atoms with Crippen molar-refractivity contribution in [3.8, 4) is 5.82 Å². The highest BCUT2D eigenvalue weighted by molar-refractivity contribution is 5.78. The minimum absolute atomic E-state index is 0.719. The first-order chi connectivity index (χ1) is 9.22. The van der Waals surface area contributed by atoms with Crippen molar-refractivity contribution in [3.63, 3.8) is 0 Å². The standard InChI is InChI=1S/C14H17N5/c1-3-8-19-14(13(15)10(2)17-19)18-9-16-11-6-4-5-7-12(11)18/h4-7,9H,3,8,15H2,1-2H3. The van der Waals surface area contributed by atoms with Crippen molar-refractivity contribution < 1.29 is 0 Å². The molecule has 0 saturated heterocycles. The number of hydrogen-bond donors (Lipinski definition) is 1. The summed E-state index contributed by atoms with van der Waals surface area (Å²) in [7, 11) is 0. The van der Waals surface area contributed by atoms with Crippen LogP contribution in [0.25, 0.3) is 16.9 Å². The molecule has 19 heavy (non-hydrogen) atoms. The maximum absolute atomic E-state index is 6.18. The van der Waals surface area contributed by atoms with E-state index in [9.17, 15) is 0 Å². The number of fused-ring (bicyclic) bond motifs is 1. The molecule has 0 saturated carbocycles. The number of nitrogens with zero attached hydrogens (tertiary/aromatic N) is 4. The summed E-state index contributed by atoms with van der Waals surface area (Å²) in [5.41, 5.74) is 9.77. The molecule has 1 aromatic carbocycles. The van der Waals surface area contributed by atoms with Crippen molar-refractivity contribution in [2.24, 2.45) is 0 Å². The molecule has 0 radical (unpaired) electrons. The molecule has 0 amide bonds. The quantitative estimate of drug-likeness (QED) is 0.782. The van der Waals surface area contributed by atoms with Gasteiger partial charge in [0.2, 0.25) is 0 Å². The van der Waals surface area contributed by atoms with E-state index in [1.807, 2.05) is 46.8 Å². The summed E-state index contributed by atoms with van der Waals surface area (Å²) in [5, 5.41) is 4.51. The Bertz CT molecular complexity index is 723. The van der Waals surface area contributed by atoms with Crippen LogP contribution in [-0.4, -0.2) is 19.3 Å². The summed E-state index contributed by atoms with van der Waals surface area (Å²) in [6.45, 7) is 4.91. The highest BCUT2D eigenvalue weighted by Crippen LogP contribution is 2.25. The minimum Gasteiger partial charge on any atom is -0.394 e. The molecule has 2 N–H and O–H groups in total. The summed E-state index contributed by atoms with van der Waals surface area (Å²) in [6.07, 6.45) is 2.82. The highest BCUT2D eigenvalue weighted by atomic mass is 15.4. The van der Waals surface area contributed by atoms with E-state index in [1.54, 1.807) is 0 Å². The minimum atomic E-state index is 0.719. The first kappa shape index (κ1) is 11.8. The lowest BCUT2D eigenvalue weighted by Crippen LogP contribution is -2.08. The van der Waals surface area contributed by atoms with Crippen LogP contribution in [0.2, 0.25) is 0 Å². The number of hydrogen-bond acceptors (Lipinski definition) is 3. The zero-order valence-electron chi connectivity index (χ0n) is 11.2. The van der Waals surface area contributed by atoms with Crippen LogP contribution in [0.1, 0.15) is 19.0 Å². The lowest BCUT2D eigenvalue weighted by molar-refractivity contribution is 0.586. The Morgan fingerprint density at radius 3 is 2.84 bits per heavy atom. The maximum atomic E-state index is 6.18. The smallest absolute Gasteiger partial charge is 0.160 e. The summed E-state index contributed by atoms with van der Waals surface area (Å²) < 4.78 is 3.97. The molecule has 0 spiro atoms. The van der Waals surface area contributed by atoms with Crippen LogP contribution in [0.5, 0.6) is 0 Å². The number of aryl methyl sites for hydroxylation is 2. The molecule has 0 bridgehead atoms. The van der Waals surface area contributed by atoms with Crippen LogP contribution >= 0.6 is 0 Å². The van der Waals surface area contributed by atoms with Gasteiger partial charge in [-0.1, -0.05) is 19.1 Å². The zero-order chi connectivity index (χ0) is 13.4. The Kier molecular flexibility index (Phi) is 2.74. The third-order valence-electron chi connectivity index (χ3n) is 3.26. The predicted molar refractivity (Wildman–Crippen MR) is 76.3 cm³/mol. The largest absolute Gasteiger partial charge is 0.394 e. The monoisotopic (exact) mass is 255 g/mol. The normalized spacial score (nSPS) is 11.3. The molecule has 2 heterocycles. The van der Waals surface area contributed by atoms with E-state index >= 15 is 0 Å². The first-order valence-electron chi connectivity index (χ1n) is 6.47.